The molecule has 2 aromatic rings. The van der Waals surface area contributed by atoms with Gasteiger partial charge in [-0.25, -0.2) is 0 Å². The highest BCUT2D eigenvalue weighted by Crippen LogP contribution is 2.19. The Labute approximate surface area is 99.5 Å². The molecule has 1 aliphatic rings. The van der Waals surface area contributed by atoms with E-state index in [1.807, 2.05) is 48.5 Å². The first-order valence-electron chi connectivity index (χ1n) is 5.41. The zero-order valence-corrected chi connectivity index (χ0v) is 9.08. The summed E-state index contributed by atoms with van der Waals surface area (Å²) >= 11 is 0. The maximum absolute atomic E-state index is 9.70. The lowest BCUT2D eigenvalue weighted by atomic mass is 9.75. The molecular weight excluding hydrogens is 213 g/mol. The van der Waals surface area contributed by atoms with E-state index in [9.17, 15) is 5.02 Å². The Kier molecular flexibility index (Phi) is 2.42. The van der Waals surface area contributed by atoms with E-state index in [-0.39, 0.29) is 0 Å². The van der Waals surface area contributed by atoms with Crippen molar-refractivity contribution in [2.24, 2.45) is 5.16 Å². The molecule has 2 aromatic carbocycles. The molecule has 0 unspecified atom stereocenters. The standard InChI is InChI=1S/C13H10BNO2/c16-14-13-8-11(10-4-2-1-3-5-10)6-7-12(13)9-15-17-14/h1-9,16H. The minimum Gasteiger partial charge on any atom is -0.427 e. The minimum absolute atomic E-state index is 0.751. The molecule has 82 valence electrons. The number of rotatable bonds is 1. The first kappa shape index (κ1) is 10.1. The van der Waals surface area contributed by atoms with Crippen molar-refractivity contribution in [1.29, 1.82) is 0 Å². The maximum Gasteiger partial charge on any atom is 0.583 e. The quantitative estimate of drug-likeness (QED) is 0.742. The van der Waals surface area contributed by atoms with Crippen molar-refractivity contribution in [3.05, 3.63) is 54.1 Å². The van der Waals surface area contributed by atoms with Gasteiger partial charge in [0.1, 0.15) is 0 Å². The van der Waals surface area contributed by atoms with Gasteiger partial charge >= 0.3 is 7.12 Å². The fraction of sp³-hybridized carbons (Fsp3) is 0. The van der Waals surface area contributed by atoms with Crippen LogP contribution in [-0.2, 0) is 4.76 Å². The Hall–Kier alpha value is -2.07. The van der Waals surface area contributed by atoms with Crippen molar-refractivity contribution < 1.29 is 9.78 Å². The highest BCUT2D eigenvalue weighted by atomic mass is 16.6. The van der Waals surface area contributed by atoms with Gasteiger partial charge in [0.25, 0.3) is 0 Å². The van der Waals surface area contributed by atoms with Gasteiger partial charge in [0.05, 0.1) is 6.21 Å². The van der Waals surface area contributed by atoms with Gasteiger partial charge in [-0.1, -0.05) is 48.5 Å². The average Bonchev–Trinajstić information content (AvgIpc) is 2.40. The first-order valence-corrected chi connectivity index (χ1v) is 5.41. The lowest BCUT2D eigenvalue weighted by Gasteiger charge is -2.13. The van der Waals surface area contributed by atoms with E-state index in [2.05, 4.69) is 5.16 Å². The first-order chi connectivity index (χ1) is 8.34. The summed E-state index contributed by atoms with van der Waals surface area (Å²) in [5, 5.41) is 13.3. The van der Waals surface area contributed by atoms with Crippen molar-refractivity contribution in [3.63, 3.8) is 0 Å². The fourth-order valence-electron chi connectivity index (χ4n) is 1.92. The number of fused-ring (bicyclic) bond motifs is 1. The molecule has 0 saturated carbocycles. The molecule has 1 heterocycles. The number of hydrogen-bond acceptors (Lipinski definition) is 3. The van der Waals surface area contributed by atoms with Gasteiger partial charge in [0, 0.05) is 5.46 Å². The van der Waals surface area contributed by atoms with Crippen LogP contribution in [0, 0.1) is 0 Å². The molecule has 0 aliphatic carbocycles. The molecule has 0 amide bonds. The van der Waals surface area contributed by atoms with Gasteiger partial charge in [0.15, 0.2) is 0 Å². The Morgan fingerprint density at radius 2 is 1.82 bits per heavy atom. The second kappa shape index (κ2) is 4.07. The molecule has 0 bridgehead atoms. The monoisotopic (exact) mass is 223 g/mol. The molecule has 0 fully saturated rings. The summed E-state index contributed by atoms with van der Waals surface area (Å²) in [6.07, 6.45) is 1.61. The summed E-state index contributed by atoms with van der Waals surface area (Å²) in [6.45, 7) is 0. The van der Waals surface area contributed by atoms with E-state index >= 15 is 0 Å². The Balaban J connectivity index is 2.10. The van der Waals surface area contributed by atoms with Gasteiger partial charge in [-0.15, -0.1) is 5.16 Å². The van der Waals surface area contributed by atoms with Crippen LogP contribution in [0.25, 0.3) is 11.1 Å². The molecule has 3 nitrogen and oxygen atoms in total. The zero-order valence-electron chi connectivity index (χ0n) is 9.08. The summed E-state index contributed by atoms with van der Waals surface area (Å²) in [4.78, 5) is 0. The van der Waals surface area contributed by atoms with Gasteiger partial charge in [-0.3, -0.25) is 0 Å². The number of hydrogen-bond donors (Lipinski definition) is 1. The Bertz CT molecular complexity index is 569. The van der Waals surface area contributed by atoms with Crippen molar-refractivity contribution in [1.82, 2.24) is 0 Å². The fourth-order valence-corrected chi connectivity index (χ4v) is 1.92. The van der Waals surface area contributed by atoms with Crippen molar-refractivity contribution in [2.45, 2.75) is 0 Å². The molecule has 0 saturated heterocycles. The van der Waals surface area contributed by atoms with Crippen molar-refractivity contribution >= 4 is 18.8 Å². The lowest BCUT2D eigenvalue weighted by Crippen LogP contribution is -2.37. The second-order valence-electron chi connectivity index (χ2n) is 3.90. The lowest BCUT2D eigenvalue weighted by molar-refractivity contribution is 0.286. The highest BCUT2D eigenvalue weighted by molar-refractivity contribution is 6.62. The van der Waals surface area contributed by atoms with E-state index in [0.717, 1.165) is 22.2 Å². The zero-order chi connectivity index (χ0) is 11.7. The summed E-state index contributed by atoms with van der Waals surface area (Å²) in [5.74, 6) is 0. The largest absolute Gasteiger partial charge is 0.583 e. The predicted molar refractivity (Wildman–Crippen MR) is 68.2 cm³/mol. The minimum atomic E-state index is -0.973. The second-order valence-corrected chi connectivity index (χ2v) is 3.90. The van der Waals surface area contributed by atoms with E-state index in [1.54, 1.807) is 6.21 Å². The van der Waals surface area contributed by atoms with Crippen LogP contribution in [-0.4, -0.2) is 18.4 Å². The predicted octanol–water partition coefficient (Wildman–Crippen LogP) is 1.41. The van der Waals surface area contributed by atoms with Crippen LogP contribution in [0.4, 0.5) is 0 Å². The molecule has 1 aliphatic heterocycles. The van der Waals surface area contributed by atoms with Crippen LogP contribution in [0.5, 0.6) is 0 Å². The summed E-state index contributed by atoms with van der Waals surface area (Å²) in [6, 6.07) is 15.9. The smallest absolute Gasteiger partial charge is 0.427 e. The summed E-state index contributed by atoms with van der Waals surface area (Å²) in [5.41, 5.74) is 3.82. The van der Waals surface area contributed by atoms with Gasteiger partial charge in [-0.2, -0.15) is 0 Å². The van der Waals surface area contributed by atoms with Gasteiger partial charge < -0.3 is 9.78 Å². The van der Waals surface area contributed by atoms with Crippen LogP contribution < -0.4 is 5.46 Å². The van der Waals surface area contributed by atoms with Crippen molar-refractivity contribution in [2.75, 3.05) is 0 Å². The van der Waals surface area contributed by atoms with Crippen LogP contribution in [0.15, 0.2) is 53.7 Å². The average molecular weight is 223 g/mol. The molecule has 4 heteroatoms. The molecule has 0 atom stereocenters. The Morgan fingerprint density at radius 3 is 2.65 bits per heavy atom. The van der Waals surface area contributed by atoms with Crippen LogP contribution in [0.1, 0.15) is 5.56 Å². The highest BCUT2D eigenvalue weighted by Gasteiger charge is 2.25. The number of benzene rings is 2. The maximum atomic E-state index is 9.70. The summed E-state index contributed by atoms with van der Waals surface area (Å²) < 4.78 is 4.82. The SMILES string of the molecule is OB1ON=Cc2ccc(-c3ccccc3)cc21. The third kappa shape index (κ3) is 1.83. The van der Waals surface area contributed by atoms with E-state index in [0.29, 0.717) is 0 Å². The molecular formula is C13H10BNO2. The topological polar surface area (TPSA) is 41.8 Å². The molecule has 0 spiro atoms. The number of oxime groups is 1. The van der Waals surface area contributed by atoms with Gasteiger partial charge in [-0.05, 0) is 16.7 Å². The normalized spacial score (nSPS) is 13.1. The van der Waals surface area contributed by atoms with Crippen LogP contribution in [0.2, 0.25) is 0 Å². The molecule has 3 rings (SSSR count). The summed E-state index contributed by atoms with van der Waals surface area (Å²) in [7, 11) is -0.973. The number of nitrogens with zero attached hydrogens (tertiary/aromatic N) is 1. The van der Waals surface area contributed by atoms with Crippen molar-refractivity contribution in [3.8, 4) is 11.1 Å². The van der Waals surface area contributed by atoms with E-state index in [1.165, 1.54) is 0 Å². The third-order valence-corrected chi connectivity index (χ3v) is 2.81. The molecule has 17 heavy (non-hydrogen) atoms. The molecule has 0 aromatic heterocycles. The van der Waals surface area contributed by atoms with Crippen LogP contribution >= 0.6 is 0 Å². The van der Waals surface area contributed by atoms with E-state index < -0.39 is 7.12 Å². The third-order valence-electron chi connectivity index (χ3n) is 2.81. The van der Waals surface area contributed by atoms with Gasteiger partial charge in [0.2, 0.25) is 0 Å². The Morgan fingerprint density at radius 1 is 1.00 bits per heavy atom. The van der Waals surface area contributed by atoms with Crippen LogP contribution in [0.3, 0.4) is 0 Å². The molecule has 0 radical (unpaired) electrons. The molecule has 1 N–H and O–H groups in total. The van der Waals surface area contributed by atoms with E-state index in [4.69, 9.17) is 4.76 Å².